The van der Waals surface area contributed by atoms with Gasteiger partial charge in [-0.1, -0.05) is 0 Å². The van der Waals surface area contributed by atoms with Crippen molar-refractivity contribution in [1.29, 1.82) is 5.26 Å². The summed E-state index contributed by atoms with van der Waals surface area (Å²) in [6.07, 6.45) is 2.54. The predicted octanol–water partition coefficient (Wildman–Crippen LogP) is 3.76. The van der Waals surface area contributed by atoms with Crippen LogP contribution in [-0.2, 0) is 0 Å². The summed E-state index contributed by atoms with van der Waals surface area (Å²) >= 11 is 1.66. The summed E-state index contributed by atoms with van der Waals surface area (Å²) in [5, 5.41) is 12.4. The third-order valence-electron chi connectivity index (χ3n) is 3.58. The maximum atomic E-state index is 9.11. The van der Waals surface area contributed by atoms with Gasteiger partial charge in [0.15, 0.2) is 0 Å². The fourth-order valence-corrected chi connectivity index (χ4v) is 3.56. The van der Waals surface area contributed by atoms with Crippen molar-refractivity contribution in [1.82, 2.24) is 0 Å². The summed E-state index contributed by atoms with van der Waals surface area (Å²) in [6, 6.07) is 9.10. The van der Waals surface area contributed by atoms with E-state index in [0.29, 0.717) is 6.04 Å². The van der Waals surface area contributed by atoms with Gasteiger partial charge in [-0.3, -0.25) is 0 Å². The normalized spacial score (nSPS) is 19.8. The SMILES string of the molecule is CC1CCCN1c1ccc(C#N)c2sccc12. The van der Waals surface area contributed by atoms with Crippen molar-refractivity contribution < 1.29 is 0 Å². The molecule has 1 aliphatic heterocycles. The summed E-state index contributed by atoms with van der Waals surface area (Å²) in [6.45, 7) is 3.42. The predicted molar refractivity (Wildman–Crippen MR) is 72.6 cm³/mol. The van der Waals surface area contributed by atoms with Crippen molar-refractivity contribution in [3.05, 3.63) is 29.1 Å². The van der Waals surface area contributed by atoms with E-state index in [9.17, 15) is 0 Å². The maximum absolute atomic E-state index is 9.11. The Morgan fingerprint density at radius 2 is 2.29 bits per heavy atom. The number of benzene rings is 1. The highest BCUT2D eigenvalue weighted by Crippen LogP contribution is 2.36. The molecule has 0 radical (unpaired) electrons. The van der Waals surface area contributed by atoms with Crippen LogP contribution >= 0.6 is 11.3 Å². The molecule has 3 rings (SSSR count). The number of hydrogen-bond acceptors (Lipinski definition) is 3. The summed E-state index contributed by atoms with van der Waals surface area (Å²) in [4.78, 5) is 2.47. The number of nitrogens with zero attached hydrogens (tertiary/aromatic N) is 2. The van der Waals surface area contributed by atoms with Gasteiger partial charge in [0.25, 0.3) is 0 Å². The Hall–Kier alpha value is -1.53. The minimum absolute atomic E-state index is 0.617. The molecule has 0 amide bonds. The summed E-state index contributed by atoms with van der Waals surface area (Å²) < 4.78 is 1.13. The lowest BCUT2D eigenvalue weighted by Gasteiger charge is -2.24. The third-order valence-corrected chi connectivity index (χ3v) is 4.52. The van der Waals surface area contributed by atoms with E-state index in [1.807, 2.05) is 6.07 Å². The zero-order chi connectivity index (χ0) is 11.8. The Morgan fingerprint density at radius 1 is 1.41 bits per heavy atom. The van der Waals surface area contributed by atoms with E-state index >= 15 is 0 Å². The van der Waals surface area contributed by atoms with E-state index in [2.05, 4.69) is 35.4 Å². The van der Waals surface area contributed by atoms with Crippen molar-refractivity contribution in [2.24, 2.45) is 0 Å². The second-order valence-electron chi connectivity index (χ2n) is 4.59. The molecule has 3 heteroatoms. The van der Waals surface area contributed by atoms with Crippen molar-refractivity contribution >= 4 is 27.1 Å². The number of rotatable bonds is 1. The Morgan fingerprint density at radius 3 is 3.00 bits per heavy atom. The van der Waals surface area contributed by atoms with Gasteiger partial charge in [-0.2, -0.15) is 5.26 Å². The Bertz CT molecular complexity index is 594. The van der Waals surface area contributed by atoms with Crippen LogP contribution in [-0.4, -0.2) is 12.6 Å². The van der Waals surface area contributed by atoms with Crippen LogP contribution in [0.15, 0.2) is 23.6 Å². The molecule has 0 saturated carbocycles. The monoisotopic (exact) mass is 242 g/mol. The first-order chi connectivity index (χ1) is 8.31. The van der Waals surface area contributed by atoms with Gasteiger partial charge in [0.1, 0.15) is 6.07 Å². The average Bonchev–Trinajstić information content (AvgIpc) is 2.96. The lowest BCUT2D eigenvalue weighted by atomic mass is 10.1. The topological polar surface area (TPSA) is 27.0 Å². The van der Waals surface area contributed by atoms with Crippen LogP contribution in [0.5, 0.6) is 0 Å². The summed E-state index contributed by atoms with van der Waals surface area (Å²) in [5.41, 5.74) is 2.09. The third kappa shape index (κ3) is 1.60. The number of fused-ring (bicyclic) bond motifs is 1. The molecule has 1 aliphatic rings. The van der Waals surface area contributed by atoms with Crippen molar-refractivity contribution in [3.63, 3.8) is 0 Å². The fourth-order valence-electron chi connectivity index (χ4n) is 2.68. The van der Waals surface area contributed by atoms with Crippen LogP contribution in [0.4, 0.5) is 5.69 Å². The standard InChI is InChI=1S/C14H14N2S/c1-10-3-2-7-16(10)13-5-4-11(9-15)14-12(13)6-8-17-14/h4-6,8,10H,2-3,7H2,1H3. The molecule has 1 unspecified atom stereocenters. The first kappa shape index (κ1) is 10.6. The van der Waals surface area contributed by atoms with Crippen molar-refractivity contribution in [2.75, 3.05) is 11.4 Å². The van der Waals surface area contributed by atoms with Gasteiger partial charge >= 0.3 is 0 Å². The molecule has 1 aromatic carbocycles. The summed E-state index contributed by atoms with van der Waals surface area (Å²) in [7, 11) is 0. The van der Waals surface area contributed by atoms with Crippen LogP contribution in [0, 0.1) is 11.3 Å². The second-order valence-corrected chi connectivity index (χ2v) is 5.51. The molecule has 2 heterocycles. The first-order valence-corrected chi connectivity index (χ1v) is 6.86. The molecule has 1 aromatic heterocycles. The van der Waals surface area contributed by atoms with Crippen LogP contribution < -0.4 is 4.90 Å². The van der Waals surface area contributed by atoms with E-state index in [1.165, 1.54) is 23.9 Å². The molecule has 2 nitrogen and oxygen atoms in total. The number of anilines is 1. The van der Waals surface area contributed by atoms with Crippen LogP contribution in [0.3, 0.4) is 0 Å². The van der Waals surface area contributed by atoms with E-state index in [-0.39, 0.29) is 0 Å². The molecule has 86 valence electrons. The Balaban J connectivity index is 2.18. The molecular formula is C14H14N2S. The molecule has 0 bridgehead atoms. The molecule has 1 fully saturated rings. The van der Waals surface area contributed by atoms with Gasteiger partial charge in [-0.05, 0) is 43.3 Å². The van der Waals surface area contributed by atoms with Crippen LogP contribution in [0.2, 0.25) is 0 Å². The second kappa shape index (κ2) is 4.05. The van der Waals surface area contributed by atoms with Crippen molar-refractivity contribution in [2.45, 2.75) is 25.8 Å². The molecule has 1 saturated heterocycles. The number of hydrogen-bond donors (Lipinski definition) is 0. The van der Waals surface area contributed by atoms with Gasteiger partial charge in [0.2, 0.25) is 0 Å². The maximum Gasteiger partial charge on any atom is 0.101 e. The molecule has 1 atom stereocenters. The highest BCUT2D eigenvalue weighted by atomic mass is 32.1. The molecule has 0 spiro atoms. The molecule has 17 heavy (non-hydrogen) atoms. The molecular weight excluding hydrogens is 228 g/mol. The molecule has 0 N–H and O–H groups in total. The highest BCUT2D eigenvalue weighted by molar-refractivity contribution is 7.17. The Labute approximate surface area is 105 Å². The zero-order valence-corrected chi connectivity index (χ0v) is 10.6. The van der Waals surface area contributed by atoms with E-state index in [4.69, 9.17) is 5.26 Å². The smallest absolute Gasteiger partial charge is 0.101 e. The Kier molecular flexibility index (Phi) is 2.53. The average molecular weight is 242 g/mol. The molecule has 2 aromatic rings. The number of nitriles is 1. The lowest BCUT2D eigenvalue weighted by Crippen LogP contribution is -2.26. The van der Waals surface area contributed by atoms with Gasteiger partial charge in [-0.15, -0.1) is 11.3 Å². The van der Waals surface area contributed by atoms with E-state index in [0.717, 1.165) is 16.8 Å². The zero-order valence-electron chi connectivity index (χ0n) is 9.81. The van der Waals surface area contributed by atoms with Crippen LogP contribution in [0.1, 0.15) is 25.3 Å². The quantitative estimate of drug-likeness (QED) is 0.761. The van der Waals surface area contributed by atoms with Gasteiger partial charge in [-0.25, -0.2) is 0 Å². The van der Waals surface area contributed by atoms with Gasteiger partial charge in [0, 0.05) is 23.7 Å². The van der Waals surface area contributed by atoms with E-state index in [1.54, 1.807) is 11.3 Å². The van der Waals surface area contributed by atoms with E-state index < -0.39 is 0 Å². The minimum Gasteiger partial charge on any atom is -0.368 e. The largest absolute Gasteiger partial charge is 0.368 e. The highest BCUT2D eigenvalue weighted by Gasteiger charge is 2.22. The summed E-state index contributed by atoms with van der Waals surface area (Å²) in [5.74, 6) is 0. The number of thiophene rings is 1. The first-order valence-electron chi connectivity index (χ1n) is 5.98. The van der Waals surface area contributed by atoms with Gasteiger partial charge < -0.3 is 4.90 Å². The molecule has 0 aliphatic carbocycles. The minimum atomic E-state index is 0.617. The lowest BCUT2D eigenvalue weighted by molar-refractivity contribution is 0.737. The van der Waals surface area contributed by atoms with Crippen molar-refractivity contribution in [3.8, 4) is 6.07 Å². The van der Waals surface area contributed by atoms with Gasteiger partial charge in [0.05, 0.1) is 10.3 Å². The van der Waals surface area contributed by atoms with Crippen LogP contribution in [0.25, 0.3) is 10.1 Å². The fraction of sp³-hybridized carbons (Fsp3) is 0.357.